The van der Waals surface area contributed by atoms with Crippen LogP contribution < -0.4 is 15.1 Å². The highest BCUT2D eigenvalue weighted by molar-refractivity contribution is 7.15. The normalized spacial score (nSPS) is 15.8. The number of H-pyrrole nitrogens is 1. The summed E-state index contributed by atoms with van der Waals surface area (Å²) in [6.07, 6.45) is 2.18. The lowest BCUT2D eigenvalue weighted by Crippen LogP contribution is -2.33. The van der Waals surface area contributed by atoms with Crippen LogP contribution in [0, 0.1) is 5.82 Å². The number of cyclic esters (lactones) is 1. The molecule has 10 nitrogen and oxygen atoms in total. The van der Waals surface area contributed by atoms with Crippen LogP contribution in [0.1, 0.15) is 11.9 Å². The van der Waals surface area contributed by atoms with Crippen LogP contribution in [0.15, 0.2) is 30.6 Å². The van der Waals surface area contributed by atoms with Crippen LogP contribution in [0.5, 0.6) is 0 Å². The van der Waals surface area contributed by atoms with Crippen molar-refractivity contribution in [2.75, 3.05) is 29.9 Å². The molecule has 12 heteroatoms. The first-order valence-electron chi connectivity index (χ1n) is 9.45. The molecule has 1 atom stereocenters. The molecule has 3 aromatic rings. The SMILES string of the molecule is CC(=O)NCC1CN(c2ccc(-c3cnc(CN(C)c4cn[nH]n4)s3)c(F)c2)C(=O)O1. The number of thiazole rings is 1. The molecule has 1 fully saturated rings. The monoisotopic (exact) mass is 445 g/mol. The number of hydrogen-bond donors (Lipinski definition) is 2. The number of hydrogen-bond acceptors (Lipinski definition) is 8. The van der Waals surface area contributed by atoms with Gasteiger partial charge in [-0.1, -0.05) is 0 Å². The van der Waals surface area contributed by atoms with E-state index in [2.05, 4.69) is 25.7 Å². The molecule has 1 aromatic carbocycles. The molecule has 2 N–H and O–H groups in total. The number of nitrogens with one attached hydrogen (secondary N) is 2. The lowest BCUT2D eigenvalue weighted by molar-refractivity contribution is -0.119. The molecule has 1 aliphatic rings. The number of aromatic amines is 1. The van der Waals surface area contributed by atoms with E-state index in [9.17, 15) is 14.0 Å². The average molecular weight is 445 g/mol. The highest BCUT2D eigenvalue weighted by Crippen LogP contribution is 2.32. The van der Waals surface area contributed by atoms with E-state index in [0.717, 1.165) is 5.01 Å². The lowest BCUT2D eigenvalue weighted by atomic mass is 10.1. The summed E-state index contributed by atoms with van der Waals surface area (Å²) in [6.45, 7) is 2.34. The first kappa shape index (κ1) is 20.7. The Bertz CT molecular complexity index is 1090. The van der Waals surface area contributed by atoms with Crippen molar-refractivity contribution in [1.82, 2.24) is 25.7 Å². The van der Waals surface area contributed by atoms with E-state index in [4.69, 9.17) is 4.74 Å². The Hall–Kier alpha value is -3.54. The smallest absolute Gasteiger partial charge is 0.414 e. The highest BCUT2D eigenvalue weighted by atomic mass is 32.1. The van der Waals surface area contributed by atoms with Gasteiger partial charge in [-0.05, 0) is 18.2 Å². The minimum absolute atomic E-state index is 0.207. The largest absolute Gasteiger partial charge is 0.442 e. The summed E-state index contributed by atoms with van der Waals surface area (Å²) in [6, 6.07) is 4.59. The van der Waals surface area contributed by atoms with Crippen LogP contribution in [0.25, 0.3) is 10.4 Å². The van der Waals surface area contributed by atoms with E-state index in [1.165, 1.54) is 29.2 Å². The van der Waals surface area contributed by atoms with Crippen LogP contribution in [0.2, 0.25) is 0 Å². The molecule has 1 aliphatic heterocycles. The maximum atomic E-state index is 14.9. The van der Waals surface area contributed by atoms with Crippen LogP contribution >= 0.6 is 11.3 Å². The summed E-state index contributed by atoms with van der Waals surface area (Å²) in [4.78, 5) is 31.5. The van der Waals surface area contributed by atoms with E-state index in [1.807, 2.05) is 11.9 Å². The molecule has 2 aromatic heterocycles. The number of carbonyl (C=O) groups is 2. The van der Waals surface area contributed by atoms with Gasteiger partial charge in [-0.2, -0.15) is 10.3 Å². The zero-order chi connectivity index (χ0) is 22.0. The zero-order valence-electron chi connectivity index (χ0n) is 16.8. The fraction of sp³-hybridized carbons (Fsp3) is 0.316. The van der Waals surface area contributed by atoms with Crippen LogP contribution in [0.3, 0.4) is 0 Å². The average Bonchev–Trinajstić information content (AvgIpc) is 3.47. The van der Waals surface area contributed by atoms with Gasteiger partial charge in [0.25, 0.3) is 0 Å². The molecular weight excluding hydrogens is 425 g/mol. The Morgan fingerprint density at radius 2 is 2.29 bits per heavy atom. The summed E-state index contributed by atoms with van der Waals surface area (Å²) < 4.78 is 20.1. The molecule has 0 aliphatic carbocycles. The molecule has 2 amide bonds. The molecule has 0 bridgehead atoms. The third kappa shape index (κ3) is 4.63. The van der Waals surface area contributed by atoms with Gasteiger partial charge in [0, 0.05) is 25.7 Å². The van der Waals surface area contributed by atoms with Crippen LogP contribution in [0.4, 0.5) is 20.7 Å². The summed E-state index contributed by atoms with van der Waals surface area (Å²) in [5, 5.41) is 13.8. The Morgan fingerprint density at radius 3 is 3.00 bits per heavy atom. The van der Waals surface area contributed by atoms with Crippen molar-refractivity contribution in [1.29, 1.82) is 0 Å². The van der Waals surface area contributed by atoms with Gasteiger partial charge in [0.1, 0.15) is 16.9 Å². The molecule has 3 heterocycles. The van der Waals surface area contributed by atoms with Gasteiger partial charge < -0.3 is 15.0 Å². The van der Waals surface area contributed by atoms with E-state index in [1.54, 1.807) is 24.5 Å². The molecule has 0 radical (unpaired) electrons. The van der Waals surface area contributed by atoms with Gasteiger partial charge in [-0.25, -0.2) is 14.2 Å². The maximum Gasteiger partial charge on any atom is 0.414 e. The molecule has 0 spiro atoms. The Balaban J connectivity index is 1.45. The standard InChI is InChI=1S/C19H20FN7O3S/c1-11(28)21-6-13-9-27(19(29)30-13)12-3-4-14(15(20)5-12)16-7-22-18(31-16)10-26(2)17-8-23-25-24-17/h3-5,7-8,13H,6,9-10H2,1-2H3,(H,21,28)(H,23,24,25). The summed E-state index contributed by atoms with van der Waals surface area (Å²) in [5.74, 6) is 0.0123. The third-order valence-corrected chi connectivity index (χ3v) is 5.72. The molecule has 31 heavy (non-hydrogen) atoms. The first-order valence-corrected chi connectivity index (χ1v) is 10.3. The molecule has 4 rings (SSSR count). The third-order valence-electron chi connectivity index (χ3n) is 4.70. The molecule has 1 unspecified atom stereocenters. The van der Waals surface area contributed by atoms with Gasteiger partial charge in [0.05, 0.1) is 36.4 Å². The van der Waals surface area contributed by atoms with E-state index in [0.29, 0.717) is 28.5 Å². The predicted octanol–water partition coefficient (Wildman–Crippen LogP) is 2.17. The Morgan fingerprint density at radius 1 is 1.45 bits per heavy atom. The number of halogens is 1. The van der Waals surface area contributed by atoms with E-state index >= 15 is 0 Å². The van der Waals surface area contributed by atoms with E-state index < -0.39 is 18.0 Å². The minimum Gasteiger partial charge on any atom is -0.442 e. The van der Waals surface area contributed by atoms with Crippen molar-refractivity contribution >= 4 is 34.8 Å². The van der Waals surface area contributed by atoms with Gasteiger partial charge in [0.15, 0.2) is 5.82 Å². The van der Waals surface area contributed by atoms with E-state index in [-0.39, 0.29) is 19.0 Å². The molecule has 1 saturated heterocycles. The topological polar surface area (TPSA) is 116 Å². The van der Waals surface area contributed by atoms with Crippen molar-refractivity contribution in [3.05, 3.63) is 41.4 Å². The summed E-state index contributed by atoms with van der Waals surface area (Å²) in [5.41, 5.74) is 0.797. The van der Waals surface area contributed by atoms with Crippen molar-refractivity contribution in [2.45, 2.75) is 19.6 Å². The van der Waals surface area contributed by atoms with Crippen LogP contribution in [-0.2, 0) is 16.1 Å². The number of anilines is 2. The van der Waals surface area contributed by atoms with Crippen molar-refractivity contribution in [2.24, 2.45) is 0 Å². The zero-order valence-corrected chi connectivity index (χ0v) is 17.6. The second kappa shape index (κ2) is 8.68. The Kier molecular flexibility index (Phi) is 5.80. The van der Waals surface area contributed by atoms with Gasteiger partial charge in [0.2, 0.25) is 5.91 Å². The summed E-state index contributed by atoms with van der Waals surface area (Å²) >= 11 is 1.38. The molecule has 162 valence electrons. The van der Waals surface area contributed by atoms with Crippen LogP contribution in [-0.4, -0.2) is 58.6 Å². The van der Waals surface area contributed by atoms with Crippen molar-refractivity contribution < 1.29 is 18.7 Å². The fourth-order valence-corrected chi connectivity index (χ4v) is 4.14. The van der Waals surface area contributed by atoms with Gasteiger partial charge in [-0.15, -0.1) is 16.4 Å². The number of benzene rings is 1. The molecular formula is C19H20FN7O3S. The number of ether oxygens (including phenoxy) is 1. The van der Waals surface area contributed by atoms with Crippen molar-refractivity contribution in [3.63, 3.8) is 0 Å². The summed E-state index contributed by atoms with van der Waals surface area (Å²) in [7, 11) is 1.86. The quantitative estimate of drug-likeness (QED) is 0.572. The number of aromatic nitrogens is 4. The fourth-order valence-electron chi connectivity index (χ4n) is 3.14. The number of amides is 2. The second-order valence-electron chi connectivity index (χ2n) is 7.02. The molecule has 0 saturated carbocycles. The Labute approximate surface area is 181 Å². The van der Waals surface area contributed by atoms with Gasteiger partial charge in [-0.3, -0.25) is 9.69 Å². The van der Waals surface area contributed by atoms with Crippen molar-refractivity contribution in [3.8, 4) is 10.4 Å². The van der Waals surface area contributed by atoms with Gasteiger partial charge >= 0.3 is 6.09 Å². The number of carbonyl (C=O) groups excluding carboxylic acids is 2. The number of nitrogens with zero attached hydrogens (tertiary/aromatic N) is 5. The number of rotatable bonds is 7. The highest BCUT2D eigenvalue weighted by Gasteiger charge is 2.32. The maximum absolute atomic E-state index is 14.9. The lowest BCUT2D eigenvalue weighted by Gasteiger charge is -2.14. The minimum atomic E-state index is -0.571. The second-order valence-corrected chi connectivity index (χ2v) is 8.14. The predicted molar refractivity (Wildman–Crippen MR) is 112 cm³/mol. The first-order chi connectivity index (χ1) is 14.9.